The number of nitrogens with one attached hydrogen (secondary N) is 1. The van der Waals surface area contributed by atoms with Crippen LogP contribution in [-0.2, 0) is 0 Å². The number of hydrogen-bond donors (Lipinski definition) is 2. The van der Waals surface area contributed by atoms with Crippen LogP contribution in [0.5, 0.6) is 5.75 Å². The van der Waals surface area contributed by atoms with Gasteiger partial charge in [0.1, 0.15) is 0 Å². The van der Waals surface area contributed by atoms with Crippen molar-refractivity contribution in [2.45, 2.75) is 38.6 Å². The van der Waals surface area contributed by atoms with E-state index in [0.29, 0.717) is 17.7 Å². The fourth-order valence-corrected chi connectivity index (χ4v) is 1.78. The molecule has 1 aromatic rings. The van der Waals surface area contributed by atoms with Gasteiger partial charge in [0.05, 0.1) is 11.9 Å². The molecule has 0 bridgehead atoms. The second kappa shape index (κ2) is 3.82. The zero-order chi connectivity index (χ0) is 9.97. The van der Waals surface area contributed by atoms with Crippen molar-refractivity contribution in [2.24, 2.45) is 0 Å². The van der Waals surface area contributed by atoms with Gasteiger partial charge in [0.25, 0.3) is 0 Å². The van der Waals surface area contributed by atoms with Crippen LogP contribution in [-0.4, -0.2) is 21.1 Å². The molecule has 4 nitrogen and oxygen atoms in total. The fraction of sp³-hybridized carbons (Fsp3) is 0.600. The number of aromatic hydroxyl groups is 1. The largest absolute Gasteiger partial charge is 0.504 e. The van der Waals surface area contributed by atoms with E-state index >= 15 is 0 Å². The monoisotopic (exact) mass is 193 g/mol. The number of hydrogen-bond acceptors (Lipinski definition) is 4. The average Bonchev–Trinajstić information content (AvgIpc) is 2.64. The quantitative estimate of drug-likeness (QED) is 0.752. The van der Waals surface area contributed by atoms with Crippen LogP contribution in [0.3, 0.4) is 0 Å². The van der Waals surface area contributed by atoms with Crippen molar-refractivity contribution in [2.75, 3.05) is 5.32 Å². The van der Waals surface area contributed by atoms with Crippen molar-refractivity contribution in [1.82, 2.24) is 9.97 Å². The number of aryl methyl sites for hydroxylation is 1. The van der Waals surface area contributed by atoms with E-state index in [2.05, 4.69) is 15.3 Å². The smallest absolute Gasteiger partial charge is 0.223 e. The molecule has 0 aliphatic heterocycles. The molecule has 0 radical (unpaired) electrons. The molecule has 1 aliphatic carbocycles. The molecule has 0 amide bonds. The topological polar surface area (TPSA) is 58.0 Å². The lowest BCUT2D eigenvalue weighted by molar-refractivity contribution is 0.464. The SMILES string of the molecule is Cc1nc(NC2CCCC2)ncc1O. The molecule has 14 heavy (non-hydrogen) atoms. The molecule has 1 heterocycles. The van der Waals surface area contributed by atoms with Crippen LogP contribution in [0.2, 0.25) is 0 Å². The van der Waals surface area contributed by atoms with E-state index in [1.165, 1.54) is 31.9 Å². The summed E-state index contributed by atoms with van der Waals surface area (Å²) in [4.78, 5) is 8.19. The molecule has 1 fully saturated rings. The molecule has 0 atom stereocenters. The first-order chi connectivity index (χ1) is 6.75. The van der Waals surface area contributed by atoms with Crippen molar-refractivity contribution >= 4 is 5.95 Å². The fourth-order valence-electron chi connectivity index (χ4n) is 1.78. The number of nitrogens with zero attached hydrogens (tertiary/aromatic N) is 2. The van der Waals surface area contributed by atoms with Crippen LogP contribution >= 0.6 is 0 Å². The molecule has 0 spiro atoms. The molecular weight excluding hydrogens is 178 g/mol. The Labute approximate surface area is 83.4 Å². The van der Waals surface area contributed by atoms with E-state index in [0.717, 1.165) is 0 Å². The minimum absolute atomic E-state index is 0.155. The first-order valence-electron chi connectivity index (χ1n) is 5.05. The van der Waals surface area contributed by atoms with E-state index in [-0.39, 0.29) is 5.75 Å². The Morgan fingerprint density at radius 1 is 1.43 bits per heavy atom. The highest BCUT2D eigenvalue weighted by atomic mass is 16.3. The number of rotatable bonds is 2. The summed E-state index contributed by atoms with van der Waals surface area (Å²) in [7, 11) is 0. The van der Waals surface area contributed by atoms with Gasteiger partial charge in [-0.1, -0.05) is 12.8 Å². The Morgan fingerprint density at radius 3 is 2.79 bits per heavy atom. The van der Waals surface area contributed by atoms with Crippen molar-refractivity contribution in [3.05, 3.63) is 11.9 Å². The lowest BCUT2D eigenvalue weighted by atomic mass is 10.2. The van der Waals surface area contributed by atoms with Crippen molar-refractivity contribution in [1.29, 1.82) is 0 Å². The van der Waals surface area contributed by atoms with Gasteiger partial charge in [-0.05, 0) is 19.8 Å². The van der Waals surface area contributed by atoms with Crippen LogP contribution < -0.4 is 5.32 Å². The van der Waals surface area contributed by atoms with Gasteiger partial charge in [-0.15, -0.1) is 0 Å². The third-order valence-corrected chi connectivity index (χ3v) is 2.64. The third-order valence-electron chi connectivity index (χ3n) is 2.64. The maximum absolute atomic E-state index is 9.25. The molecule has 0 aromatic carbocycles. The summed E-state index contributed by atoms with van der Waals surface area (Å²) >= 11 is 0. The Hall–Kier alpha value is -1.32. The Balaban J connectivity index is 2.05. The van der Waals surface area contributed by atoms with Gasteiger partial charge in [-0.3, -0.25) is 0 Å². The van der Waals surface area contributed by atoms with Crippen LogP contribution in [0.15, 0.2) is 6.20 Å². The average molecular weight is 193 g/mol. The van der Waals surface area contributed by atoms with E-state index in [1.54, 1.807) is 6.92 Å². The van der Waals surface area contributed by atoms with Gasteiger partial charge in [-0.25, -0.2) is 9.97 Å². The molecule has 1 aromatic heterocycles. The van der Waals surface area contributed by atoms with Gasteiger partial charge < -0.3 is 10.4 Å². The molecule has 0 saturated heterocycles. The summed E-state index contributed by atoms with van der Waals surface area (Å²) in [6, 6.07) is 0.513. The summed E-state index contributed by atoms with van der Waals surface area (Å²) in [5, 5.41) is 12.5. The summed E-state index contributed by atoms with van der Waals surface area (Å²) in [6.45, 7) is 1.77. The number of anilines is 1. The molecule has 2 N–H and O–H groups in total. The van der Waals surface area contributed by atoms with Crippen molar-refractivity contribution in [3.63, 3.8) is 0 Å². The van der Waals surface area contributed by atoms with E-state index in [4.69, 9.17) is 0 Å². The Bertz CT molecular complexity index is 321. The first kappa shape index (κ1) is 9.24. The van der Waals surface area contributed by atoms with Crippen LogP contribution in [0.25, 0.3) is 0 Å². The summed E-state index contributed by atoms with van der Waals surface area (Å²) in [5.41, 5.74) is 0.625. The minimum atomic E-state index is 0.155. The molecule has 2 rings (SSSR count). The van der Waals surface area contributed by atoms with E-state index in [9.17, 15) is 5.11 Å². The predicted octanol–water partition coefficient (Wildman–Crippen LogP) is 1.85. The molecule has 76 valence electrons. The second-order valence-corrected chi connectivity index (χ2v) is 3.79. The van der Waals surface area contributed by atoms with Gasteiger partial charge in [0.15, 0.2) is 5.75 Å². The maximum atomic E-state index is 9.25. The maximum Gasteiger partial charge on any atom is 0.223 e. The van der Waals surface area contributed by atoms with E-state index < -0.39 is 0 Å². The Morgan fingerprint density at radius 2 is 2.14 bits per heavy atom. The summed E-state index contributed by atoms with van der Waals surface area (Å²) < 4.78 is 0. The molecule has 1 aliphatic rings. The standard InChI is InChI=1S/C10H15N3O/c1-7-9(14)6-11-10(12-7)13-8-4-2-3-5-8/h6,8,14H,2-5H2,1H3,(H,11,12,13). The molecule has 1 saturated carbocycles. The zero-order valence-corrected chi connectivity index (χ0v) is 8.32. The van der Waals surface area contributed by atoms with Gasteiger partial charge >= 0.3 is 0 Å². The molecular formula is C10H15N3O. The van der Waals surface area contributed by atoms with Crippen LogP contribution in [0, 0.1) is 6.92 Å². The van der Waals surface area contributed by atoms with Crippen molar-refractivity contribution < 1.29 is 5.11 Å². The van der Waals surface area contributed by atoms with Gasteiger partial charge in [0.2, 0.25) is 5.95 Å². The van der Waals surface area contributed by atoms with Gasteiger partial charge in [-0.2, -0.15) is 0 Å². The highest BCUT2D eigenvalue weighted by Crippen LogP contribution is 2.21. The highest BCUT2D eigenvalue weighted by molar-refractivity contribution is 5.32. The van der Waals surface area contributed by atoms with Crippen LogP contribution in [0.1, 0.15) is 31.4 Å². The third kappa shape index (κ3) is 1.95. The minimum Gasteiger partial charge on any atom is -0.504 e. The summed E-state index contributed by atoms with van der Waals surface area (Å²) in [5.74, 6) is 0.786. The highest BCUT2D eigenvalue weighted by Gasteiger charge is 2.15. The molecule has 4 heteroatoms. The lowest BCUT2D eigenvalue weighted by Crippen LogP contribution is -2.16. The normalized spacial score (nSPS) is 17.2. The van der Waals surface area contributed by atoms with Crippen LogP contribution in [0.4, 0.5) is 5.95 Å². The van der Waals surface area contributed by atoms with E-state index in [1.807, 2.05) is 0 Å². The number of aromatic nitrogens is 2. The predicted molar refractivity (Wildman–Crippen MR) is 54.3 cm³/mol. The lowest BCUT2D eigenvalue weighted by Gasteiger charge is -2.11. The van der Waals surface area contributed by atoms with Crippen molar-refractivity contribution in [3.8, 4) is 5.75 Å². The second-order valence-electron chi connectivity index (χ2n) is 3.79. The Kier molecular flexibility index (Phi) is 2.52. The zero-order valence-electron chi connectivity index (χ0n) is 8.32. The summed E-state index contributed by atoms with van der Waals surface area (Å²) in [6.07, 6.45) is 6.41. The molecule has 0 unspecified atom stereocenters. The first-order valence-corrected chi connectivity index (χ1v) is 5.05. The van der Waals surface area contributed by atoms with Gasteiger partial charge in [0, 0.05) is 6.04 Å².